The molecule has 1 aromatic rings. The maximum Gasteiger partial charge on any atom is 0.343 e. The second-order valence-electron chi connectivity index (χ2n) is 2.69. The lowest BCUT2D eigenvalue weighted by molar-refractivity contribution is 0.0448. The van der Waals surface area contributed by atoms with Gasteiger partial charge in [0.05, 0.1) is 21.2 Å². The molecule has 0 amide bonds. The highest BCUT2D eigenvalue weighted by Gasteiger charge is 2.45. The van der Waals surface area contributed by atoms with E-state index in [0.29, 0.717) is 0 Å². The molecule has 0 saturated heterocycles. The van der Waals surface area contributed by atoms with Crippen LogP contribution in [0.4, 0.5) is 0 Å². The summed E-state index contributed by atoms with van der Waals surface area (Å²) in [6, 6.07) is 2.99. The largest absolute Gasteiger partial charge is 0.420 e. The summed E-state index contributed by atoms with van der Waals surface area (Å²) < 4.78 is 2.96. The van der Waals surface area contributed by atoms with Gasteiger partial charge in [-0.2, -0.15) is 0 Å². The van der Waals surface area contributed by atoms with E-state index in [9.17, 15) is 4.79 Å². The van der Waals surface area contributed by atoms with Gasteiger partial charge < -0.3 is 4.74 Å². The first-order valence-electron chi connectivity index (χ1n) is 3.53. The molecular formula is C8H2Cl4O2. The van der Waals surface area contributed by atoms with E-state index >= 15 is 0 Å². The topological polar surface area (TPSA) is 26.3 Å². The van der Waals surface area contributed by atoms with Crippen molar-refractivity contribution in [1.29, 1.82) is 0 Å². The predicted octanol–water partition coefficient (Wildman–Crippen LogP) is 3.75. The molecule has 0 radical (unpaired) electrons. The number of cyclic esters (lactones) is 1. The number of rotatable bonds is 0. The van der Waals surface area contributed by atoms with Gasteiger partial charge in [-0.1, -0.05) is 46.4 Å². The molecule has 6 heteroatoms. The molecule has 0 unspecified atom stereocenters. The first-order chi connectivity index (χ1) is 6.43. The van der Waals surface area contributed by atoms with Crippen molar-refractivity contribution in [2.45, 2.75) is 4.52 Å². The Morgan fingerprint density at radius 2 is 1.71 bits per heavy atom. The Morgan fingerprint density at radius 3 is 2.29 bits per heavy atom. The van der Waals surface area contributed by atoms with E-state index in [-0.39, 0.29) is 21.2 Å². The Balaban J connectivity index is 2.80. The maximum atomic E-state index is 11.3. The molecule has 2 nitrogen and oxygen atoms in total. The molecule has 14 heavy (non-hydrogen) atoms. The molecule has 0 bridgehead atoms. The summed E-state index contributed by atoms with van der Waals surface area (Å²) in [4.78, 5) is 11.3. The Morgan fingerprint density at radius 1 is 1.14 bits per heavy atom. The van der Waals surface area contributed by atoms with Crippen LogP contribution in [0.2, 0.25) is 10.0 Å². The van der Waals surface area contributed by atoms with Crippen molar-refractivity contribution >= 4 is 52.4 Å². The Hall–Kier alpha value is -0.150. The van der Waals surface area contributed by atoms with Crippen LogP contribution in [-0.2, 0) is 9.26 Å². The molecule has 0 fully saturated rings. The van der Waals surface area contributed by atoms with Crippen LogP contribution in [0.3, 0.4) is 0 Å². The van der Waals surface area contributed by atoms with Crippen LogP contribution in [0, 0.1) is 0 Å². The van der Waals surface area contributed by atoms with Gasteiger partial charge in [-0.05, 0) is 12.1 Å². The van der Waals surface area contributed by atoms with Crippen LogP contribution >= 0.6 is 46.4 Å². The van der Waals surface area contributed by atoms with Crippen LogP contribution in [-0.4, -0.2) is 5.97 Å². The zero-order valence-electron chi connectivity index (χ0n) is 6.48. The molecule has 0 aliphatic carbocycles. The molecule has 0 spiro atoms. The van der Waals surface area contributed by atoms with Gasteiger partial charge in [-0.3, -0.25) is 0 Å². The predicted molar refractivity (Wildman–Crippen MR) is 55.3 cm³/mol. The number of alkyl halides is 2. The van der Waals surface area contributed by atoms with Crippen molar-refractivity contribution in [3.8, 4) is 0 Å². The molecule has 74 valence electrons. The highest BCUT2D eigenvalue weighted by Crippen LogP contribution is 2.48. The molecule has 1 aliphatic heterocycles. The number of halogens is 4. The summed E-state index contributed by atoms with van der Waals surface area (Å²) in [5.41, 5.74) is 0.337. The smallest absolute Gasteiger partial charge is 0.343 e. The summed E-state index contributed by atoms with van der Waals surface area (Å²) in [5, 5.41) is 0.470. The van der Waals surface area contributed by atoms with Crippen LogP contribution in [0.15, 0.2) is 12.1 Å². The van der Waals surface area contributed by atoms with Crippen molar-refractivity contribution in [3.05, 3.63) is 33.3 Å². The van der Waals surface area contributed by atoms with E-state index in [1.807, 2.05) is 0 Å². The van der Waals surface area contributed by atoms with Crippen LogP contribution in [0.5, 0.6) is 0 Å². The monoisotopic (exact) mass is 270 g/mol. The number of fused-ring (bicyclic) bond motifs is 1. The standard InChI is InChI=1S/C8H2Cl4O2/c9-3-1-2-4(10)6-5(3)7(13)14-8(6,11)12/h1-2H. The molecule has 1 aromatic carbocycles. The fourth-order valence-electron chi connectivity index (χ4n) is 1.25. The lowest BCUT2D eigenvalue weighted by atomic mass is 10.1. The molecule has 0 N–H and O–H groups in total. The third kappa shape index (κ3) is 1.38. The zero-order valence-corrected chi connectivity index (χ0v) is 9.51. The minimum absolute atomic E-state index is 0.129. The van der Waals surface area contributed by atoms with Crippen molar-refractivity contribution in [2.24, 2.45) is 0 Å². The Kier molecular flexibility index (Phi) is 2.35. The third-order valence-corrected chi connectivity index (χ3v) is 2.98. The highest BCUT2D eigenvalue weighted by molar-refractivity contribution is 6.50. The maximum absolute atomic E-state index is 11.3. The third-order valence-electron chi connectivity index (χ3n) is 1.82. The molecule has 0 atom stereocenters. The lowest BCUT2D eigenvalue weighted by Gasteiger charge is -2.12. The van der Waals surface area contributed by atoms with Crippen molar-refractivity contribution in [3.63, 3.8) is 0 Å². The Bertz CT molecular complexity index is 428. The minimum Gasteiger partial charge on any atom is -0.420 e. The molecule has 0 aromatic heterocycles. The van der Waals surface area contributed by atoms with E-state index < -0.39 is 10.5 Å². The van der Waals surface area contributed by atoms with Gasteiger partial charge in [0.2, 0.25) is 0 Å². The van der Waals surface area contributed by atoms with Gasteiger partial charge in [0, 0.05) is 0 Å². The normalized spacial score (nSPS) is 17.9. The van der Waals surface area contributed by atoms with Gasteiger partial charge in [0.25, 0.3) is 4.52 Å². The number of carbonyl (C=O) groups excluding carboxylic acids is 1. The number of ether oxygens (including phenoxy) is 1. The molecule has 1 heterocycles. The highest BCUT2D eigenvalue weighted by atomic mass is 35.5. The van der Waals surface area contributed by atoms with E-state index in [1.54, 1.807) is 0 Å². The SMILES string of the molecule is O=C1OC(Cl)(Cl)c2c(Cl)ccc(Cl)c21. The van der Waals surface area contributed by atoms with Crippen molar-refractivity contribution in [1.82, 2.24) is 0 Å². The van der Waals surface area contributed by atoms with Gasteiger partial charge in [0.1, 0.15) is 0 Å². The van der Waals surface area contributed by atoms with Gasteiger partial charge in [0.15, 0.2) is 0 Å². The zero-order chi connectivity index (χ0) is 10.5. The second-order valence-corrected chi connectivity index (χ2v) is 4.76. The van der Waals surface area contributed by atoms with E-state index in [1.165, 1.54) is 12.1 Å². The lowest BCUT2D eigenvalue weighted by Crippen LogP contribution is -2.09. The van der Waals surface area contributed by atoms with E-state index in [4.69, 9.17) is 51.1 Å². The summed E-state index contributed by atoms with van der Waals surface area (Å²) in [6.45, 7) is 0. The molecular weight excluding hydrogens is 270 g/mol. The van der Waals surface area contributed by atoms with Crippen LogP contribution in [0.1, 0.15) is 15.9 Å². The summed E-state index contributed by atoms with van der Waals surface area (Å²) >= 11 is 23.1. The number of carbonyl (C=O) groups is 1. The Labute approximate surface area is 99.6 Å². The first kappa shape index (κ1) is 10.4. The number of hydrogen-bond acceptors (Lipinski definition) is 2. The van der Waals surface area contributed by atoms with Gasteiger partial charge >= 0.3 is 5.97 Å². The van der Waals surface area contributed by atoms with Gasteiger partial charge in [-0.15, -0.1) is 0 Å². The van der Waals surface area contributed by atoms with Crippen molar-refractivity contribution in [2.75, 3.05) is 0 Å². The van der Waals surface area contributed by atoms with Crippen molar-refractivity contribution < 1.29 is 9.53 Å². The van der Waals surface area contributed by atoms with E-state index in [2.05, 4.69) is 0 Å². The molecule has 2 rings (SSSR count). The second kappa shape index (κ2) is 3.17. The number of hydrogen-bond donors (Lipinski definition) is 0. The van der Waals surface area contributed by atoms with Gasteiger partial charge in [-0.25, -0.2) is 4.79 Å². The average Bonchev–Trinajstić information content (AvgIpc) is 2.30. The minimum atomic E-state index is -1.74. The fraction of sp³-hybridized carbons (Fsp3) is 0.125. The first-order valence-corrected chi connectivity index (χ1v) is 5.04. The molecule has 0 saturated carbocycles. The molecule has 1 aliphatic rings. The van der Waals surface area contributed by atoms with Crippen LogP contribution < -0.4 is 0 Å². The fourth-order valence-corrected chi connectivity index (χ4v) is 2.41. The summed E-state index contributed by atoms with van der Waals surface area (Å²) in [5.74, 6) is -0.669. The van der Waals surface area contributed by atoms with Crippen LogP contribution in [0.25, 0.3) is 0 Å². The quantitative estimate of drug-likeness (QED) is 0.531. The number of esters is 1. The average molecular weight is 272 g/mol. The summed E-state index contributed by atoms with van der Waals surface area (Å²) in [6.07, 6.45) is 0. The van der Waals surface area contributed by atoms with E-state index in [0.717, 1.165) is 0 Å². The summed E-state index contributed by atoms with van der Waals surface area (Å²) in [7, 11) is 0. The number of benzene rings is 1.